The predicted octanol–water partition coefficient (Wildman–Crippen LogP) is 4.17. The molecule has 0 saturated heterocycles. The minimum Gasteiger partial charge on any atom is -0.497 e. The van der Waals surface area contributed by atoms with E-state index >= 15 is 0 Å². The van der Waals surface area contributed by atoms with Crippen LogP contribution in [0.2, 0.25) is 0 Å². The van der Waals surface area contributed by atoms with Crippen molar-refractivity contribution in [2.24, 2.45) is 0 Å². The van der Waals surface area contributed by atoms with Gasteiger partial charge in [0.1, 0.15) is 5.75 Å². The third kappa shape index (κ3) is 3.47. The molecule has 3 nitrogen and oxygen atoms in total. The Labute approximate surface area is 128 Å². The van der Waals surface area contributed by atoms with Crippen LogP contribution in [0, 0.1) is 0 Å². The van der Waals surface area contributed by atoms with Crippen LogP contribution in [0.1, 0.15) is 5.56 Å². The molecule has 106 valence electrons. The van der Waals surface area contributed by atoms with Crippen LogP contribution in [0.25, 0.3) is 5.69 Å². The lowest BCUT2D eigenvalue weighted by Crippen LogP contribution is -1.92. The standard InChI is InChI=1S/C17H16N2OS/c1-20-16-8-5-9-17(10-16)21-13-14-11-18-19(12-14)15-6-3-2-4-7-15/h2-12H,13H2,1H3. The van der Waals surface area contributed by atoms with Gasteiger partial charge < -0.3 is 4.74 Å². The molecule has 0 aliphatic heterocycles. The lowest BCUT2D eigenvalue weighted by molar-refractivity contribution is 0.413. The van der Waals surface area contributed by atoms with Crippen LogP contribution >= 0.6 is 11.8 Å². The molecular weight excluding hydrogens is 280 g/mol. The van der Waals surface area contributed by atoms with Gasteiger partial charge in [-0.3, -0.25) is 0 Å². The highest BCUT2D eigenvalue weighted by Gasteiger charge is 2.02. The third-order valence-corrected chi connectivity index (χ3v) is 4.17. The number of para-hydroxylation sites is 1. The van der Waals surface area contributed by atoms with Gasteiger partial charge in [0.15, 0.2) is 0 Å². The molecule has 0 spiro atoms. The SMILES string of the molecule is COc1cccc(SCc2cnn(-c3ccccc3)c2)c1. The summed E-state index contributed by atoms with van der Waals surface area (Å²) in [7, 11) is 1.69. The summed E-state index contributed by atoms with van der Waals surface area (Å²) in [5.41, 5.74) is 2.28. The van der Waals surface area contributed by atoms with Crippen molar-refractivity contribution in [1.82, 2.24) is 9.78 Å². The van der Waals surface area contributed by atoms with Crippen LogP contribution in [0.15, 0.2) is 71.9 Å². The molecule has 0 amide bonds. The second kappa shape index (κ2) is 6.50. The quantitative estimate of drug-likeness (QED) is 0.661. The van der Waals surface area contributed by atoms with Crippen LogP contribution in [0.4, 0.5) is 0 Å². The summed E-state index contributed by atoms with van der Waals surface area (Å²) in [5, 5.41) is 4.41. The Balaban J connectivity index is 1.67. The maximum absolute atomic E-state index is 5.24. The van der Waals surface area contributed by atoms with Gasteiger partial charge in [0, 0.05) is 22.4 Å². The van der Waals surface area contributed by atoms with E-state index in [1.165, 1.54) is 10.5 Å². The molecule has 0 N–H and O–H groups in total. The Kier molecular flexibility index (Phi) is 4.26. The molecule has 3 rings (SSSR count). The highest BCUT2D eigenvalue weighted by molar-refractivity contribution is 7.98. The Hall–Kier alpha value is -2.20. The van der Waals surface area contributed by atoms with Crippen molar-refractivity contribution in [2.75, 3.05) is 7.11 Å². The fourth-order valence-electron chi connectivity index (χ4n) is 2.01. The largest absolute Gasteiger partial charge is 0.497 e. The maximum atomic E-state index is 5.24. The van der Waals surface area contributed by atoms with Gasteiger partial charge in [-0.1, -0.05) is 24.3 Å². The normalized spacial score (nSPS) is 10.5. The second-order valence-electron chi connectivity index (χ2n) is 4.60. The topological polar surface area (TPSA) is 27.1 Å². The summed E-state index contributed by atoms with van der Waals surface area (Å²) >= 11 is 1.78. The molecule has 21 heavy (non-hydrogen) atoms. The van der Waals surface area contributed by atoms with E-state index in [0.29, 0.717) is 0 Å². The fraction of sp³-hybridized carbons (Fsp3) is 0.118. The first-order chi connectivity index (χ1) is 10.3. The minimum atomic E-state index is 0.889. The Morgan fingerprint density at radius 2 is 1.95 bits per heavy atom. The molecule has 0 saturated carbocycles. The zero-order valence-electron chi connectivity index (χ0n) is 11.8. The van der Waals surface area contributed by atoms with Crippen molar-refractivity contribution in [3.05, 3.63) is 72.6 Å². The van der Waals surface area contributed by atoms with E-state index in [-0.39, 0.29) is 0 Å². The summed E-state index contributed by atoms with van der Waals surface area (Å²) in [6, 6.07) is 18.2. The zero-order chi connectivity index (χ0) is 14.5. The molecule has 0 aliphatic rings. The Morgan fingerprint density at radius 3 is 2.76 bits per heavy atom. The van der Waals surface area contributed by atoms with Crippen molar-refractivity contribution < 1.29 is 4.74 Å². The number of methoxy groups -OCH3 is 1. The number of rotatable bonds is 5. The molecule has 1 heterocycles. The lowest BCUT2D eigenvalue weighted by atomic mass is 10.3. The number of aromatic nitrogens is 2. The van der Waals surface area contributed by atoms with Gasteiger partial charge >= 0.3 is 0 Å². The lowest BCUT2D eigenvalue weighted by Gasteiger charge is -2.03. The number of hydrogen-bond donors (Lipinski definition) is 0. The molecule has 2 aromatic carbocycles. The summed E-state index contributed by atoms with van der Waals surface area (Å²) in [4.78, 5) is 1.20. The van der Waals surface area contributed by atoms with Crippen molar-refractivity contribution in [1.29, 1.82) is 0 Å². The smallest absolute Gasteiger partial charge is 0.119 e. The summed E-state index contributed by atoms with van der Waals surface area (Å²) in [5.74, 6) is 1.78. The Bertz CT molecular complexity index is 710. The molecule has 0 bridgehead atoms. The highest BCUT2D eigenvalue weighted by Crippen LogP contribution is 2.26. The number of thioether (sulfide) groups is 1. The number of hydrogen-bond acceptors (Lipinski definition) is 3. The van der Waals surface area contributed by atoms with E-state index in [9.17, 15) is 0 Å². The van der Waals surface area contributed by atoms with Gasteiger partial charge in [-0.15, -0.1) is 11.8 Å². The predicted molar refractivity (Wildman–Crippen MR) is 86.1 cm³/mol. The molecule has 0 fully saturated rings. The van der Waals surface area contributed by atoms with Gasteiger partial charge in [0.25, 0.3) is 0 Å². The number of ether oxygens (including phenoxy) is 1. The third-order valence-electron chi connectivity index (χ3n) is 3.10. The second-order valence-corrected chi connectivity index (χ2v) is 5.65. The molecule has 0 aliphatic carbocycles. The van der Waals surface area contributed by atoms with Crippen LogP contribution in [0.3, 0.4) is 0 Å². The summed E-state index contributed by atoms with van der Waals surface area (Å²) in [6.07, 6.45) is 3.99. The zero-order valence-corrected chi connectivity index (χ0v) is 12.6. The van der Waals surface area contributed by atoms with Gasteiger partial charge in [-0.05, 0) is 30.3 Å². The van der Waals surface area contributed by atoms with Gasteiger partial charge in [0.2, 0.25) is 0 Å². The van der Waals surface area contributed by atoms with E-state index in [1.54, 1.807) is 18.9 Å². The first-order valence-electron chi connectivity index (χ1n) is 6.71. The summed E-state index contributed by atoms with van der Waals surface area (Å²) in [6.45, 7) is 0. The molecule has 0 radical (unpaired) electrons. The molecular formula is C17H16N2OS. The van der Waals surface area contributed by atoms with Crippen LogP contribution in [-0.2, 0) is 5.75 Å². The number of nitrogens with zero attached hydrogens (tertiary/aromatic N) is 2. The van der Waals surface area contributed by atoms with Crippen LogP contribution in [0.5, 0.6) is 5.75 Å². The van der Waals surface area contributed by atoms with Crippen LogP contribution in [-0.4, -0.2) is 16.9 Å². The molecule has 3 aromatic rings. The maximum Gasteiger partial charge on any atom is 0.119 e. The first-order valence-corrected chi connectivity index (χ1v) is 7.69. The van der Waals surface area contributed by atoms with Gasteiger partial charge in [0.05, 0.1) is 19.0 Å². The van der Waals surface area contributed by atoms with Gasteiger partial charge in [-0.25, -0.2) is 4.68 Å². The first kappa shape index (κ1) is 13.8. The molecule has 1 aromatic heterocycles. The average molecular weight is 296 g/mol. The monoisotopic (exact) mass is 296 g/mol. The highest BCUT2D eigenvalue weighted by atomic mass is 32.2. The molecule has 0 atom stereocenters. The van der Waals surface area contributed by atoms with Crippen molar-refractivity contribution in [3.63, 3.8) is 0 Å². The van der Waals surface area contributed by atoms with Gasteiger partial charge in [-0.2, -0.15) is 5.10 Å². The van der Waals surface area contributed by atoms with E-state index in [0.717, 1.165) is 17.2 Å². The molecule has 4 heteroatoms. The number of benzene rings is 2. The van der Waals surface area contributed by atoms with Crippen molar-refractivity contribution in [3.8, 4) is 11.4 Å². The fourth-order valence-corrected chi connectivity index (χ4v) is 2.87. The van der Waals surface area contributed by atoms with Crippen LogP contribution < -0.4 is 4.74 Å². The Morgan fingerprint density at radius 1 is 1.10 bits per heavy atom. The van der Waals surface area contributed by atoms with E-state index in [4.69, 9.17) is 4.74 Å². The van der Waals surface area contributed by atoms with Crippen molar-refractivity contribution in [2.45, 2.75) is 10.6 Å². The molecule has 0 unspecified atom stereocenters. The van der Waals surface area contributed by atoms with Crippen molar-refractivity contribution >= 4 is 11.8 Å². The average Bonchev–Trinajstić information content (AvgIpc) is 3.03. The van der Waals surface area contributed by atoms with E-state index in [2.05, 4.69) is 17.4 Å². The van der Waals surface area contributed by atoms with E-state index in [1.807, 2.05) is 59.4 Å². The summed E-state index contributed by atoms with van der Waals surface area (Å²) < 4.78 is 7.14. The minimum absolute atomic E-state index is 0.889. The van der Waals surface area contributed by atoms with E-state index < -0.39 is 0 Å².